The number of ether oxygens (including phenoxy) is 6. The largest absolute Gasteiger partial charge is 0.477 e. The number of rotatable bonds is 69. The molecule has 23 heteroatoms. The van der Waals surface area contributed by atoms with Crippen LogP contribution in [0.3, 0.4) is 0 Å². The van der Waals surface area contributed by atoms with Crippen molar-refractivity contribution in [1.29, 1.82) is 0 Å². The van der Waals surface area contributed by atoms with Crippen LogP contribution in [0, 0.1) is 0 Å². The van der Waals surface area contributed by atoms with Gasteiger partial charge in [-0.2, -0.15) is 0 Å². The Kier molecular flexibility index (Phi) is 57.1. The number of amides is 2. The smallest absolute Gasteiger partial charge is 0.364 e. The van der Waals surface area contributed by atoms with Crippen molar-refractivity contribution in [2.75, 3.05) is 26.4 Å². The van der Waals surface area contributed by atoms with Crippen molar-refractivity contribution in [2.45, 2.75) is 471 Å². The van der Waals surface area contributed by atoms with E-state index >= 15 is 0 Å². The number of carboxylic acid groups (broad SMARTS) is 1. The van der Waals surface area contributed by atoms with E-state index < -0.39 is 155 Å². The van der Waals surface area contributed by atoms with Crippen molar-refractivity contribution in [1.82, 2.24) is 10.6 Å². The van der Waals surface area contributed by atoms with E-state index in [4.69, 9.17) is 28.4 Å². The number of carboxylic acids is 1. The first kappa shape index (κ1) is 97.7. The van der Waals surface area contributed by atoms with Crippen molar-refractivity contribution in [3.63, 3.8) is 0 Å². The Hall–Kier alpha value is -2.53. The lowest BCUT2D eigenvalue weighted by Crippen LogP contribution is -2.70. The molecule has 18 unspecified atom stereocenters. The number of hydrogen-bond acceptors (Lipinski definition) is 20. The Morgan fingerprint density at radius 3 is 1.25 bits per heavy atom. The van der Waals surface area contributed by atoms with Crippen LogP contribution in [-0.2, 0) is 42.8 Å². The molecule has 0 aromatic heterocycles. The molecule has 14 N–H and O–H groups in total. The third kappa shape index (κ3) is 41.3. The Morgan fingerprint density at radius 1 is 0.491 bits per heavy atom. The van der Waals surface area contributed by atoms with E-state index in [0.29, 0.717) is 12.8 Å². The van der Waals surface area contributed by atoms with Gasteiger partial charge in [-0.3, -0.25) is 9.59 Å². The number of aliphatic hydroxyl groups is 11. The fourth-order valence-electron chi connectivity index (χ4n) is 15.2. The third-order valence-corrected chi connectivity index (χ3v) is 22.0. The highest BCUT2D eigenvalue weighted by Gasteiger charge is 2.60. The molecule has 3 rings (SSSR count). The van der Waals surface area contributed by atoms with Gasteiger partial charge in [-0.15, -0.1) is 0 Å². The average molecular weight is 1520 g/mol. The minimum absolute atomic E-state index is 0.206. The van der Waals surface area contributed by atoms with Crippen LogP contribution in [0.25, 0.3) is 0 Å². The van der Waals surface area contributed by atoms with Crippen molar-refractivity contribution in [2.24, 2.45) is 0 Å². The maximum atomic E-state index is 13.6. The Morgan fingerprint density at radius 2 is 0.877 bits per heavy atom. The molecular weight excluding hydrogens is 1360 g/mol. The maximum absolute atomic E-state index is 13.6. The summed E-state index contributed by atoms with van der Waals surface area (Å²) in [4.78, 5) is 38.7. The normalized spacial score (nSPS) is 26.1. The van der Waals surface area contributed by atoms with Crippen LogP contribution in [-0.4, -0.2) is 215 Å². The summed E-state index contributed by atoms with van der Waals surface area (Å²) >= 11 is 0. The van der Waals surface area contributed by atoms with Gasteiger partial charge in [0.25, 0.3) is 5.79 Å². The number of aliphatic hydroxyl groups excluding tert-OH is 11. The lowest BCUT2D eigenvalue weighted by Gasteiger charge is -2.50. The van der Waals surface area contributed by atoms with E-state index in [1.165, 1.54) is 270 Å². The summed E-state index contributed by atoms with van der Waals surface area (Å²) in [6, 6.07) is -2.62. The minimum atomic E-state index is -3.08. The molecule has 0 aromatic carbocycles. The van der Waals surface area contributed by atoms with Crippen molar-refractivity contribution in [3.8, 4) is 0 Å². The molecule has 106 heavy (non-hydrogen) atoms. The molecule has 624 valence electrons. The molecule has 18 atom stereocenters. The van der Waals surface area contributed by atoms with Crippen LogP contribution < -0.4 is 10.6 Å². The Labute approximate surface area is 639 Å². The molecule has 0 saturated carbocycles. The number of unbranched alkanes of at least 4 members (excludes halogenated alkanes) is 49. The molecule has 0 bridgehead atoms. The summed E-state index contributed by atoms with van der Waals surface area (Å²) in [7, 11) is 0. The number of allylic oxidation sites excluding steroid dienone is 1. The van der Waals surface area contributed by atoms with Gasteiger partial charge in [0.15, 0.2) is 12.6 Å². The molecule has 0 aromatic rings. The molecule has 3 aliphatic heterocycles. The summed E-state index contributed by atoms with van der Waals surface area (Å²) in [6.45, 7) is 2.21. The molecule has 0 spiro atoms. The van der Waals surface area contributed by atoms with Crippen LogP contribution in [0.1, 0.15) is 361 Å². The molecule has 0 radical (unpaired) electrons. The SMILES string of the molecule is CCCCCCCCCCCCCCCCCCCCC/C=C/C(O)C(COC1OC(CO)C(OC2OC(CO)C(O)C(OC3(C(=O)O)CC(O)C(NC(C)=O)C(C(O)C(O)CO)O3)C2O)C(O)C1O)NC(=O)CCCCCCCCCCCCCCCCCCCCCCCCCCCCCCCCC. The third-order valence-electron chi connectivity index (χ3n) is 22.0. The zero-order chi connectivity index (χ0) is 77.4. The second-order valence-corrected chi connectivity index (χ2v) is 31.4. The highest BCUT2D eigenvalue weighted by atomic mass is 16.8. The van der Waals surface area contributed by atoms with Crippen LogP contribution in [0.2, 0.25) is 0 Å². The molecule has 2 amide bonds. The summed E-state index contributed by atoms with van der Waals surface area (Å²) in [6.07, 6.45) is 39.7. The first-order valence-corrected chi connectivity index (χ1v) is 43.1. The predicted octanol–water partition coefficient (Wildman–Crippen LogP) is 12.5. The van der Waals surface area contributed by atoms with Crippen LogP contribution >= 0.6 is 0 Å². The van der Waals surface area contributed by atoms with E-state index in [2.05, 4.69) is 24.5 Å². The van der Waals surface area contributed by atoms with Crippen molar-refractivity contribution >= 4 is 17.8 Å². The highest BCUT2D eigenvalue weighted by Crippen LogP contribution is 2.39. The quantitative estimate of drug-likeness (QED) is 0.0199. The van der Waals surface area contributed by atoms with Crippen molar-refractivity contribution < 1.29 is 104 Å². The Bertz CT molecular complexity index is 2150. The molecule has 0 aliphatic carbocycles. The van der Waals surface area contributed by atoms with Crippen LogP contribution in [0.4, 0.5) is 0 Å². The first-order chi connectivity index (χ1) is 51.4. The second kappa shape index (κ2) is 62.0. The summed E-state index contributed by atoms with van der Waals surface area (Å²) in [5, 5.41) is 137. The van der Waals surface area contributed by atoms with Gasteiger partial charge in [0, 0.05) is 19.8 Å². The topological polar surface area (TPSA) is 373 Å². The van der Waals surface area contributed by atoms with Gasteiger partial charge in [-0.25, -0.2) is 4.79 Å². The fraction of sp³-hybridized carbons (Fsp3) is 0.940. The zero-order valence-corrected chi connectivity index (χ0v) is 66.3. The number of aliphatic carboxylic acids is 1. The van der Waals surface area contributed by atoms with E-state index in [0.717, 1.165) is 51.9 Å². The number of hydrogen-bond donors (Lipinski definition) is 14. The van der Waals surface area contributed by atoms with Gasteiger partial charge in [0.1, 0.15) is 67.1 Å². The van der Waals surface area contributed by atoms with E-state index in [1.807, 2.05) is 6.08 Å². The highest BCUT2D eigenvalue weighted by molar-refractivity contribution is 5.77. The van der Waals surface area contributed by atoms with Crippen LogP contribution in [0.5, 0.6) is 0 Å². The monoisotopic (exact) mass is 1520 g/mol. The van der Waals surface area contributed by atoms with Gasteiger partial charge in [0.2, 0.25) is 11.8 Å². The molecule has 3 aliphatic rings. The Balaban J connectivity index is 1.47. The van der Waals surface area contributed by atoms with Gasteiger partial charge in [-0.05, 0) is 19.3 Å². The molecule has 3 saturated heterocycles. The van der Waals surface area contributed by atoms with Gasteiger partial charge < -0.3 is 100 Å². The molecule has 3 heterocycles. The van der Waals surface area contributed by atoms with E-state index in [1.54, 1.807) is 6.08 Å². The van der Waals surface area contributed by atoms with Gasteiger partial charge >= 0.3 is 5.97 Å². The summed E-state index contributed by atoms with van der Waals surface area (Å²) in [5.74, 6) is -6.13. The van der Waals surface area contributed by atoms with E-state index in [-0.39, 0.29) is 12.3 Å². The molecule has 3 fully saturated rings. The second-order valence-electron chi connectivity index (χ2n) is 31.4. The number of nitrogens with one attached hydrogen (secondary N) is 2. The molecule has 23 nitrogen and oxygen atoms in total. The van der Waals surface area contributed by atoms with E-state index in [9.17, 15) is 75.7 Å². The average Bonchev–Trinajstić information content (AvgIpc) is 0.754. The standard InChI is InChI=1S/C83H156N2O21/c1-4-6-8-10-12-14-16-18-20-22-24-26-27-28-29-30-31-32-33-34-35-37-39-41-43-45-47-49-51-53-55-57-70(93)85-64(65(90)56-54-52-50-48-46-44-42-40-38-36-25-23-21-19-17-15-13-11-9-7-5-2)62-101-80-75(97)74(96)77(69(61-88)103-80)104-81-76(98)79(73(95)68(60-87)102-81)106-83(82(99)100)58-66(91)71(84-63(3)89)78(105-83)72(94)67(92)59-86/h54,56,64-69,71-81,86-88,90-92,94-98H,4-53,55,57-62H2,1-3H3,(H,84,89)(H,85,93)(H,99,100)/b56-54+. The van der Waals surface area contributed by atoms with Gasteiger partial charge in [0.05, 0.1) is 50.7 Å². The predicted molar refractivity (Wildman–Crippen MR) is 412 cm³/mol. The van der Waals surface area contributed by atoms with Gasteiger partial charge in [-0.1, -0.05) is 334 Å². The number of carbonyl (C=O) groups excluding carboxylic acids is 2. The lowest BCUT2D eigenvalue weighted by molar-refractivity contribution is -0.386. The summed E-state index contributed by atoms with van der Waals surface area (Å²) < 4.78 is 35.0. The maximum Gasteiger partial charge on any atom is 0.364 e. The first-order valence-electron chi connectivity index (χ1n) is 43.1. The minimum Gasteiger partial charge on any atom is -0.477 e. The van der Waals surface area contributed by atoms with Crippen LogP contribution in [0.15, 0.2) is 12.2 Å². The van der Waals surface area contributed by atoms with Crippen molar-refractivity contribution in [3.05, 3.63) is 12.2 Å². The summed E-state index contributed by atoms with van der Waals surface area (Å²) in [5.41, 5.74) is 0. The lowest BCUT2D eigenvalue weighted by atomic mass is 9.88. The number of carbonyl (C=O) groups is 3. The molecular formula is C83H156N2O21. The zero-order valence-electron chi connectivity index (χ0n) is 66.3. The fourth-order valence-corrected chi connectivity index (χ4v) is 15.2.